The molecule has 46 heavy (non-hydrogen) atoms. The summed E-state index contributed by atoms with van der Waals surface area (Å²) in [6.45, 7) is 0. The van der Waals surface area contributed by atoms with Crippen LogP contribution in [0, 0.1) is 0 Å². The Morgan fingerprint density at radius 2 is 0.978 bits per heavy atom. The molecule has 0 radical (unpaired) electrons. The van der Waals surface area contributed by atoms with Crippen molar-refractivity contribution in [3.63, 3.8) is 0 Å². The van der Waals surface area contributed by atoms with Gasteiger partial charge in [-0.1, -0.05) is 127 Å². The van der Waals surface area contributed by atoms with Crippen LogP contribution in [0.25, 0.3) is 64.0 Å². The van der Waals surface area contributed by atoms with Gasteiger partial charge in [0.05, 0.1) is 0 Å². The number of rotatable bonds is 5. The van der Waals surface area contributed by atoms with Gasteiger partial charge >= 0.3 is 0 Å². The van der Waals surface area contributed by atoms with Gasteiger partial charge in [0, 0.05) is 37.2 Å². The number of nitrogens with zero attached hydrogens (tertiary/aromatic N) is 1. The molecule has 0 spiro atoms. The lowest BCUT2D eigenvalue weighted by molar-refractivity contribution is 1.28. The predicted octanol–water partition coefficient (Wildman–Crippen LogP) is 13.2. The molecular weight excluding hydrogens is 575 g/mol. The number of benzene rings is 8. The molecule has 1 nitrogen and oxygen atoms in total. The van der Waals surface area contributed by atoms with E-state index in [0.717, 1.165) is 17.1 Å². The van der Waals surface area contributed by atoms with Crippen molar-refractivity contribution in [2.24, 2.45) is 0 Å². The number of fused-ring (bicyclic) bond motifs is 6. The van der Waals surface area contributed by atoms with Crippen molar-refractivity contribution in [2.45, 2.75) is 0 Å². The van der Waals surface area contributed by atoms with Gasteiger partial charge < -0.3 is 4.90 Å². The topological polar surface area (TPSA) is 3.24 Å². The van der Waals surface area contributed by atoms with Crippen LogP contribution < -0.4 is 4.90 Å². The normalized spacial score (nSPS) is 11.5. The molecule has 0 bridgehead atoms. The minimum Gasteiger partial charge on any atom is -0.311 e. The van der Waals surface area contributed by atoms with Gasteiger partial charge in [-0.3, -0.25) is 0 Å². The summed E-state index contributed by atoms with van der Waals surface area (Å²) in [6.07, 6.45) is 0. The van der Waals surface area contributed by atoms with Gasteiger partial charge in [0.25, 0.3) is 0 Å². The minimum atomic E-state index is 1.13. The highest BCUT2D eigenvalue weighted by Crippen LogP contribution is 2.43. The summed E-state index contributed by atoms with van der Waals surface area (Å²) in [5.74, 6) is 0. The first-order valence-corrected chi connectivity index (χ1v) is 16.5. The van der Waals surface area contributed by atoms with Crippen LogP contribution in [0.2, 0.25) is 0 Å². The zero-order valence-electron chi connectivity index (χ0n) is 25.1. The van der Waals surface area contributed by atoms with Crippen molar-refractivity contribution in [3.05, 3.63) is 176 Å². The fourth-order valence-corrected chi connectivity index (χ4v) is 8.04. The van der Waals surface area contributed by atoms with E-state index in [2.05, 4.69) is 181 Å². The van der Waals surface area contributed by atoms with Crippen LogP contribution in [0.3, 0.4) is 0 Å². The average molecular weight is 604 g/mol. The van der Waals surface area contributed by atoms with Gasteiger partial charge in [-0.15, -0.1) is 11.3 Å². The Morgan fingerprint density at radius 3 is 1.76 bits per heavy atom. The molecule has 9 rings (SSSR count). The van der Waals surface area contributed by atoms with Crippen molar-refractivity contribution in [1.82, 2.24) is 0 Å². The summed E-state index contributed by atoms with van der Waals surface area (Å²) < 4.78 is 2.69. The fourth-order valence-electron chi connectivity index (χ4n) is 6.78. The van der Waals surface area contributed by atoms with Crippen LogP contribution >= 0.6 is 11.3 Å². The Balaban J connectivity index is 1.11. The van der Waals surface area contributed by atoms with Crippen LogP contribution in [0.15, 0.2) is 176 Å². The highest BCUT2D eigenvalue weighted by molar-refractivity contribution is 7.26. The monoisotopic (exact) mass is 603 g/mol. The molecule has 0 amide bonds. The minimum absolute atomic E-state index is 1.13. The number of para-hydroxylation sites is 1. The van der Waals surface area contributed by atoms with Crippen molar-refractivity contribution in [2.75, 3.05) is 4.90 Å². The molecule has 0 saturated heterocycles. The summed E-state index contributed by atoms with van der Waals surface area (Å²) in [5, 5.41) is 7.81. The number of anilines is 3. The van der Waals surface area contributed by atoms with Gasteiger partial charge in [-0.25, -0.2) is 0 Å². The maximum absolute atomic E-state index is 2.33. The first kappa shape index (κ1) is 26.7. The van der Waals surface area contributed by atoms with Gasteiger partial charge in [0.2, 0.25) is 0 Å². The molecule has 1 aromatic heterocycles. The third kappa shape index (κ3) is 4.54. The molecule has 0 aliphatic heterocycles. The standard InChI is InChI=1S/C44H29NS/c1-2-12-36(13-3-1)45(37-24-19-31(20-25-37)35-18-17-30-9-4-5-11-34(30)29-35)38-26-21-33(22-27-38)39-15-8-16-42-43(39)41-28-23-32-10-6-7-14-40(32)44(41)46-42/h1-29H. The molecule has 1 heterocycles. The zero-order valence-corrected chi connectivity index (χ0v) is 25.9. The van der Waals surface area contributed by atoms with E-state index < -0.39 is 0 Å². The van der Waals surface area contributed by atoms with Crippen molar-refractivity contribution < 1.29 is 0 Å². The Labute approximate surface area is 272 Å². The maximum Gasteiger partial charge on any atom is 0.0462 e. The second-order valence-corrected chi connectivity index (χ2v) is 12.8. The van der Waals surface area contributed by atoms with Crippen molar-refractivity contribution >= 4 is 70.1 Å². The van der Waals surface area contributed by atoms with E-state index in [1.807, 2.05) is 11.3 Å². The maximum atomic E-state index is 2.33. The Bertz CT molecular complexity index is 2510. The quantitative estimate of drug-likeness (QED) is 0.189. The molecule has 0 fully saturated rings. The van der Waals surface area contributed by atoms with Crippen LogP contribution in [-0.2, 0) is 0 Å². The number of hydrogen-bond acceptors (Lipinski definition) is 2. The summed E-state index contributed by atoms with van der Waals surface area (Å²) in [4.78, 5) is 2.33. The molecule has 216 valence electrons. The largest absolute Gasteiger partial charge is 0.311 e. The average Bonchev–Trinajstić information content (AvgIpc) is 3.52. The Hall–Kier alpha value is -5.70. The van der Waals surface area contributed by atoms with E-state index in [1.54, 1.807) is 0 Å². The third-order valence-electron chi connectivity index (χ3n) is 9.05. The van der Waals surface area contributed by atoms with Crippen LogP contribution in [0.1, 0.15) is 0 Å². The molecule has 9 aromatic rings. The van der Waals surface area contributed by atoms with E-state index >= 15 is 0 Å². The van der Waals surface area contributed by atoms with Gasteiger partial charge in [0.15, 0.2) is 0 Å². The zero-order chi connectivity index (χ0) is 30.5. The molecule has 0 N–H and O–H groups in total. The van der Waals surface area contributed by atoms with E-state index in [1.165, 1.54) is 64.0 Å². The fraction of sp³-hybridized carbons (Fsp3) is 0. The van der Waals surface area contributed by atoms with Gasteiger partial charge in [-0.2, -0.15) is 0 Å². The SMILES string of the molecule is c1ccc(N(c2ccc(-c3ccc4ccccc4c3)cc2)c2ccc(-c3cccc4sc5c6ccccc6ccc5c34)cc2)cc1. The van der Waals surface area contributed by atoms with E-state index in [0.29, 0.717) is 0 Å². The van der Waals surface area contributed by atoms with Gasteiger partial charge in [0.1, 0.15) is 0 Å². The van der Waals surface area contributed by atoms with E-state index in [4.69, 9.17) is 0 Å². The molecule has 0 unspecified atom stereocenters. The second kappa shape index (κ2) is 11.0. The number of thiophene rings is 1. The Kier molecular flexibility index (Phi) is 6.40. The molecule has 0 saturated carbocycles. The molecule has 8 aromatic carbocycles. The lowest BCUT2D eigenvalue weighted by Gasteiger charge is -2.26. The summed E-state index contributed by atoms with van der Waals surface area (Å²) in [5.41, 5.74) is 8.32. The van der Waals surface area contributed by atoms with Crippen molar-refractivity contribution in [1.29, 1.82) is 0 Å². The highest BCUT2D eigenvalue weighted by atomic mass is 32.1. The summed E-state index contributed by atoms with van der Waals surface area (Å²) in [6, 6.07) is 63.8. The predicted molar refractivity (Wildman–Crippen MR) is 200 cm³/mol. The molecular formula is C44H29NS. The second-order valence-electron chi connectivity index (χ2n) is 11.8. The molecule has 0 atom stereocenters. The first-order valence-electron chi connectivity index (χ1n) is 15.7. The Morgan fingerprint density at radius 1 is 0.370 bits per heavy atom. The molecule has 2 heteroatoms. The summed E-state index contributed by atoms with van der Waals surface area (Å²) >= 11 is 1.89. The summed E-state index contributed by atoms with van der Waals surface area (Å²) in [7, 11) is 0. The molecule has 0 aliphatic carbocycles. The third-order valence-corrected chi connectivity index (χ3v) is 10.3. The lowest BCUT2D eigenvalue weighted by atomic mass is 9.98. The van der Waals surface area contributed by atoms with Crippen molar-refractivity contribution in [3.8, 4) is 22.3 Å². The lowest BCUT2D eigenvalue weighted by Crippen LogP contribution is -2.09. The van der Waals surface area contributed by atoms with Crippen LogP contribution in [0.5, 0.6) is 0 Å². The van der Waals surface area contributed by atoms with E-state index in [-0.39, 0.29) is 0 Å². The van der Waals surface area contributed by atoms with Gasteiger partial charge in [-0.05, 0) is 92.3 Å². The van der Waals surface area contributed by atoms with Crippen LogP contribution in [-0.4, -0.2) is 0 Å². The smallest absolute Gasteiger partial charge is 0.0462 e. The first-order chi connectivity index (χ1) is 22.8. The van der Waals surface area contributed by atoms with Crippen LogP contribution in [0.4, 0.5) is 17.1 Å². The van der Waals surface area contributed by atoms with E-state index in [9.17, 15) is 0 Å². The highest BCUT2D eigenvalue weighted by Gasteiger charge is 2.16. The molecule has 0 aliphatic rings. The number of hydrogen-bond donors (Lipinski definition) is 0.